The lowest BCUT2D eigenvalue weighted by Crippen LogP contribution is -2.23. The molecule has 3 heteroatoms. The van der Waals surface area contributed by atoms with Crippen molar-refractivity contribution in [1.82, 2.24) is 4.98 Å². The second-order valence-electron chi connectivity index (χ2n) is 3.96. The Hall–Kier alpha value is -0.760. The highest BCUT2D eigenvalue weighted by Crippen LogP contribution is 2.27. The summed E-state index contributed by atoms with van der Waals surface area (Å²) in [7, 11) is 0. The molecule has 0 bridgehead atoms. The van der Waals surface area contributed by atoms with Crippen LogP contribution < -0.4 is 4.74 Å². The van der Waals surface area contributed by atoms with E-state index < -0.39 is 0 Å². The Morgan fingerprint density at radius 2 is 2.00 bits per heavy atom. The fourth-order valence-electron chi connectivity index (χ4n) is 0.876. The molecule has 1 rings (SSSR count). The summed E-state index contributed by atoms with van der Waals surface area (Å²) in [5.74, 6) is 0.508. The summed E-state index contributed by atoms with van der Waals surface area (Å²) in [5.41, 5.74) is 0.723. The number of halogens is 1. The van der Waals surface area contributed by atoms with Gasteiger partial charge in [0.2, 0.25) is 5.88 Å². The number of aromatic nitrogens is 1. The van der Waals surface area contributed by atoms with Crippen LogP contribution in [0.2, 0.25) is 5.02 Å². The molecular weight excluding hydrogens is 186 g/mol. The molecule has 0 spiro atoms. The topological polar surface area (TPSA) is 22.1 Å². The molecule has 1 aromatic heterocycles. The standard InChI is InChI=1S/C10H14ClNO/c1-7-5-6-12-9(8(7)11)13-10(2,3)4/h5-6H,1-4H3. The summed E-state index contributed by atoms with van der Waals surface area (Å²) in [6.45, 7) is 7.83. The Labute approximate surface area is 83.9 Å². The molecule has 1 aromatic rings. The Balaban J connectivity index is 2.96. The van der Waals surface area contributed by atoms with Gasteiger partial charge in [-0.3, -0.25) is 0 Å². The van der Waals surface area contributed by atoms with Crippen LogP contribution in [-0.2, 0) is 0 Å². The maximum Gasteiger partial charge on any atom is 0.233 e. The predicted molar refractivity (Wildman–Crippen MR) is 54.4 cm³/mol. The Kier molecular flexibility index (Phi) is 2.81. The third-order valence-corrected chi connectivity index (χ3v) is 1.91. The summed E-state index contributed by atoms with van der Waals surface area (Å²) in [5, 5.41) is 0.595. The first-order chi connectivity index (χ1) is 5.90. The molecule has 0 aromatic carbocycles. The van der Waals surface area contributed by atoms with E-state index in [-0.39, 0.29) is 5.60 Å². The highest BCUT2D eigenvalue weighted by molar-refractivity contribution is 6.32. The van der Waals surface area contributed by atoms with Crippen LogP contribution in [0.4, 0.5) is 0 Å². The molecule has 0 fully saturated rings. The average molecular weight is 200 g/mol. The summed E-state index contributed by atoms with van der Waals surface area (Å²) >= 11 is 6.01. The van der Waals surface area contributed by atoms with E-state index in [4.69, 9.17) is 16.3 Å². The van der Waals surface area contributed by atoms with Crippen LogP contribution in [0.25, 0.3) is 0 Å². The number of nitrogens with zero attached hydrogens (tertiary/aromatic N) is 1. The second kappa shape index (κ2) is 3.54. The van der Waals surface area contributed by atoms with Gasteiger partial charge in [-0.2, -0.15) is 0 Å². The summed E-state index contributed by atoms with van der Waals surface area (Å²) in [6.07, 6.45) is 1.70. The van der Waals surface area contributed by atoms with Crippen molar-refractivity contribution >= 4 is 11.6 Å². The van der Waals surface area contributed by atoms with E-state index in [0.29, 0.717) is 10.9 Å². The van der Waals surface area contributed by atoms with Crippen LogP contribution in [0.1, 0.15) is 26.3 Å². The monoisotopic (exact) mass is 199 g/mol. The molecule has 0 aliphatic rings. The van der Waals surface area contributed by atoms with E-state index in [2.05, 4.69) is 4.98 Å². The van der Waals surface area contributed by atoms with Crippen molar-refractivity contribution in [2.75, 3.05) is 0 Å². The Morgan fingerprint density at radius 3 is 2.54 bits per heavy atom. The minimum atomic E-state index is -0.259. The molecule has 2 nitrogen and oxygen atoms in total. The number of aryl methyl sites for hydroxylation is 1. The minimum Gasteiger partial charge on any atom is -0.471 e. The first-order valence-electron chi connectivity index (χ1n) is 4.20. The lowest BCUT2D eigenvalue weighted by atomic mass is 10.2. The third-order valence-electron chi connectivity index (χ3n) is 1.45. The van der Waals surface area contributed by atoms with Crippen LogP contribution in [-0.4, -0.2) is 10.6 Å². The van der Waals surface area contributed by atoms with Gasteiger partial charge in [0.1, 0.15) is 10.6 Å². The number of pyridine rings is 1. The fourth-order valence-corrected chi connectivity index (χ4v) is 1.03. The van der Waals surface area contributed by atoms with Gasteiger partial charge in [-0.1, -0.05) is 11.6 Å². The number of hydrogen-bond acceptors (Lipinski definition) is 2. The molecule has 0 unspecified atom stereocenters. The van der Waals surface area contributed by atoms with E-state index in [0.717, 1.165) is 5.56 Å². The zero-order chi connectivity index (χ0) is 10.1. The van der Waals surface area contributed by atoms with E-state index in [1.165, 1.54) is 0 Å². The first kappa shape index (κ1) is 10.3. The van der Waals surface area contributed by atoms with Gasteiger partial charge in [0, 0.05) is 6.20 Å². The molecule has 0 saturated carbocycles. The van der Waals surface area contributed by atoms with Crippen LogP contribution in [0.15, 0.2) is 12.3 Å². The van der Waals surface area contributed by atoms with Crippen molar-refractivity contribution in [3.05, 3.63) is 22.8 Å². The molecule has 0 amide bonds. The first-order valence-corrected chi connectivity index (χ1v) is 4.58. The van der Waals surface area contributed by atoms with E-state index in [1.807, 2.05) is 33.8 Å². The molecule has 1 heterocycles. The van der Waals surface area contributed by atoms with E-state index in [9.17, 15) is 0 Å². The van der Waals surface area contributed by atoms with Crippen LogP contribution >= 0.6 is 11.6 Å². The number of rotatable bonds is 1. The minimum absolute atomic E-state index is 0.259. The molecule has 0 atom stereocenters. The van der Waals surface area contributed by atoms with Gasteiger partial charge >= 0.3 is 0 Å². The Bertz CT molecular complexity index is 304. The largest absolute Gasteiger partial charge is 0.471 e. The fraction of sp³-hybridized carbons (Fsp3) is 0.500. The molecule has 0 radical (unpaired) electrons. The lowest BCUT2D eigenvalue weighted by molar-refractivity contribution is 0.124. The molecular formula is C10H14ClNO. The highest BCUT2D eigenvalue weighted by atomic mass is 35.5. The normalized spacial score (nSPS) is 11.5. The van der Waals surface area contributed by atoms with Crippen molar-refractivity contribution in [3.63, 3.8) is 0 Å². The second-order valence-corrected chi connectivity index (χ2v) is 4.34. The maximum absolute atomic E-state index is 6.01. The summed E-state index contributed by atoms with van der Waals surface area (Å²) in [6, 6.07) is 1.86. The Morgan fingerprint density at radius 1 is 1.38 bits per heavy atom. The molecule has 0 N–H and O–H groups in total. The smallest absolute Gasteiger partial charge is 0.233 e. The van der Waals surface area contributed by atoms with Crippen molar-refractivity contribution in [1.29, 1.82) is 0 Å². The van der Waals surface area contributed by atoms with Gasteiger partial charge in [-0.25, -0.2) is 4.98 Å². The van der Waals surface area contributed by atoms with E-state index in [1.54, 1.807) is 6.20 Å². The molecule has 0 aliphatic heterocycles. The van der Waals surface area contributed by atoms with Gasteiger partial charge in [0.15, 0.2) is 0 Å². The van der Waals surface area contributed by atoms with Gasteiger partial charge in [-0.15, -0.1) is 0 Å². The quantitative estimate of drug-likeness (QED) is 0.693. The molecule has 0 aliphatic carbocycles. The maximum atomic E-state index is 6.01. The van der Waals surface area contributed by atoms with Crippen LogP contribution in [0.5, 0.6) is 5.88 Å². The SMILES string of the molecule is Cc1ccnc(OC(C)(C)C)c1Cl. The number of ether oxygens (including phenoxy) is 1. The molecule has 0 saturated heterocycles. The predicted octanol–water partition coefficient (Wildman–Crippen LogP) is 3.22. The van der Waals surface area contributed by atoms with Crippen LogP contribution in [0, 0.1) is 6.92 Å². The van der Waals surface area contributed by atoms with Gasteiger partial charge in [0.05, 0.1) is 0 Å². The van der Waals surface area contributed by atoms with Gasteiger partial charge in [0.25, 0.3) is 0 Å². The highest BCUT2D eigenvalue weighted by Gasteiger charge is 2.15. The van der Waals surface area contributed by atoms with Crippen molar-refractivity contribution in [2.24, 2.45) is 0 Å². The zero-order valence-electron chi connectivity index (χ0n) is 8.39. The summed E-state index contributed by atoms with van der Waals surface area (Å²) in [4.78, 5) is 4.07. The zero-order valence-corrected chi connectivity index (χ0v) is 9.14. The summed E-state index contributed by atoms with van der Waals surface area (Å²) < 4.78 is 5.57. The van der Waals surface area contributed by atoms with Crippen molar-refractivity contribution < 1.29 is 4.74 Å². The van der Waals surface area contributed by atoms with Crippen molar-refractivity contribution in [3.8, 4) is 5.88 Å². The average Bonchev–Trinajstić information content (AvgIpc) is 1.96. The number of hydrogen-bond donors (Lipinski definition) is 0. The van der Waals surface area contributed by atoms with Crippen LogP contribution in [0.3, 0.4) is 0 Å². The van der Waals surface area contributed by atoms with E-state index >= 15 is 0 Å². The molecule has 13 heavy (non-hydrogen) atoms. The molecule has 72 valence electrons. The van der Waals surface area contributed by atoms with Gasteiger partial charge < -0.3 is 4.74 Å². The lowest BCUT2D eigenvalue weighted by Gasteiger charge is -2.21. The van der Waals surface area contributed by atoms with Crippen molar-refractivity contribution in [2.45, 2.75) is 33.3 Å². The van der Waals surface area contributed by atoms with Gasteiger partial charge in [-0.05, 0) is 39.3 Å². The third kappa shape index (κ3) is 2.88.